The number of aromatic nitrogens is 1. The second kappa shape index (κ2) is 17.4. The molecule has 1 N–H and O–H groups in total. The van der Waals surface area contributed by atoms with E-state index in [1.807, 2.05) is 53.8 Å². The first-order chi connectivity index (χ1) is 23.3. The molecule has 0 unspecified atom stereocenters. The Bertz CT molecular complexity index is 1860. The molecule has 4 aromatic carbocycles. The third kappa shape index (κ3) is 9.49. The van der Waals surface area contributed by atoms with E-state index < -0.39 is 0 Å². The number of carbonyl (C=O) groups excluding carboxylic acids is 1. The van der Waals surface area contributed by atoms with E-state index in [9.17, 15) is 9.90 Å². The summed E-state index contributed by atoms with van der Waals surface area (Å²) in [5.41, 5.74) is 7.49. The van der Waals surface area contributed by atoms with Gasteiger partial charge in [0.2, 0.25) is 0 Å². The Morgan fingerprint density at radius 3 is 1.70 bits per heavy atom. The van der Waals surface area contributed by atoms with Crippen molar-refractivity contribution in [2.24, 2.45) is 10.8 Å². The van der Waals surface area contributed by atoms with Gasteiger partial charge in [-0.3, -0.25) is 9.78 Å². The molecule has 5 rings (SSSR count). The number of aliphatic hydroxyl groups is 1. The van der Waals surface area contributed by atoms with E-state index in [1.54, 1.807) is 0 Å². The van der Waals surface area contributed by atoms with Crippen molar-refractivity contribution in [3.05, 3.63) is 127 Å². The minimum atomic E-state index is -0.337. The number of hydrogen-bond donors (Lipinski definition) is 1. The first-order valence-corrected chi connectivity index (χ1v) is 17.8. The number of allylic oxidation sites excluding steroid dienone is 2. The standard InChI is InChI=1S/C31H26N.C15H28O2.Pt/c1-31(2,3)29-20-27(19-25-11-7-8-12-28(25)29)30-18-17-26(21-32-30)24-15-13-23(14-16-24)22-9-5-4-6-10-22;1-7-14(5,8-2)12(16)11-13(17)15(6,9-3)10-4;/h4-18,20-21H,1-3H3;11,16H,7-10H2,1-6H3;/q-1;;/b;12-11-;. The number of benzene rings is 4. The number of rotatable bonds is 10. The van der Waals surface area contributed by atoms with Crippen LogP contribution in [0.15, 0.2) is 115 Å². The number of pyridine rings is 1. The Morgan fingerprint density at radius 1 is 0.680 bits per heavy atom. The number of ketones is 1. The molecule has 0 bridgehead atoms. The van der Waals surface area contributed by atoms with Gasteiger partial charge in [-0.25, -0.2) is 0 Å². The number of nitrogens with zero attached hydrogens (tertiary/aromatic N) is 1. The molecule has 0 saturated heterocycles. The maximum Gasteiger partial charge on any atom is 0.164 e. The van der Waals surface area contributed by atoms with Crippen LogP contribution in [0.4, 0.5) is 0 Å². The Kier molecular flexibility index (Phi) is 14.1. The first-order valence-electron chi connectivity index (χ1n) is 17.8. The van der Waals surface area contributed by atoms with E-state index in [4.69, 9.17) is 4.98 Å². The van der Waals surface area contributed by atoms with Gasteiger partial charge in [-0.15, -0.1) is 29.1 Å². The molecule has 0 atom stereocenters. The third-order valence-corrected chi connectivity index (χ3v) is 10.6. The molecular weight excluding hydrogens is 794 g/mol. The fraction of sp³-hybridized carbons (Fsp3) is 0.348. The first kappa shape index (κ1) is 40.6. The fourth-order valence-electron chi connectivity index (χ4n) is 5.88. The molecule has 0 radical (unpaired) electrons. The summed E-state index contributed by atoms with van der Waals surface area (Å²) in [5, 5.41) is 12.5. The summed E-state index contributed by atoms with van der Waals surface area (Å²) >= 11 is 0. The summed E-state index contributed by atoms with van der Waals surface area (Å²) in [5.74, 6) is 0.286. The normalized spacial score (nSPS) is 12.1. The Balaban J connectivity index is 0.000000323. The molecule has 1 heterocycles. The molecule has 0 fully saturated rings. The monoisotopic (exact) mass is 847 g/mol. The summed E-state index contributed by atoms with van der Waals surface area (Å²) in [4.78, 5) is 17.0. The van der Waals surface area contributed by atoms with Gasteiger partial charge in [0.05, 0.1) is 0 Å². The predicted molar refractivity (Wildman–Crippen MR) is 209 cm³/mol. The van der Waals surface area contributed by atoms with Crippen molar-refractivity contribution in [2.75, 3.05) is 0 Å². The maximum absolute atomic E-state index is 12.2. The van der Waals surface area contributed by atoms with Crippen molar-refractivity contribution >= 4 is 16.6 Å². The molecule has 0 amide bonds. The van der Waals surface area contributed by atoms with Crippen LogP contribution >= 0.6 is 0 Å². The van der Waals surface area contributed by atoms with Crippen LogP contribution in [0.25, 0.3) is 44.3 Å². The third-order valence-electron chi connectivity index (χ3n) is 10.6. The molecule has 5 aromatic rings. The number of aliphatic hydroxyl groups excluding tert-OH is 1. The molecule has 4 heteroatoms. The average Bonchev–Trinajstić information content (AvgIpc) is 3.14. The van der Waals surface area contributed by atoms with Crippen molar-refractivity contribution in [1.82, 2.24) is 4.98 Å². The summed E-state index contributed by atoms with van der Waals surface area (Å²) in [6.07, 6.45) is 6.72. The molecule has 0 spiro atoms. The largest absolute Gasteiger partial charge is 0.512 e. The minimum absolute atomic E-state index is 0. The van der Waals surface area contributed by atoms with Crippen LogP contribution in [0.3, 0.4) is 0 Å². The van der Waals surface area contributed by atoms with Crippen LogP contribution in [0, 0.1) is 16.9 Å². The predicted octanol–water partition coefficient (Wildman–Crippen LogP) is 13.0. The van der Waals surface area contributed by atoms with E-state index in [2.05, 4.69) is 118 Å². The van der Waals surface area contributed by atoms with Crippen molar-refractivity contribution < 1.29 is 31.0 Å². The molecular formula is C46H54NO2Pt-. The zero-order valence-electron chi connectivity index (χ0n) is 31.3. The molecule has 0 aliphatic carbocycles. The van der Waals surface area contributed by atoms with Gasteiger partial charge in [-0.2, -0.15) is 0 Å². The number of fused-ring (bicyclic) bond motifs is 1. The van der Waals surface area contributed by atoms with Gasteiger partial charge in [-0.1, -0.05) is 158 Å². The van der Waals surface area contributed by atoms with Gasteiger partial charge in [0.1, 0.15) is 5.76 Å². The summed E-state index contributed by atoms with van der Waals surface area (Å²) in [6, 6.07) is 37.7. The van der Waals surface area contributed by atoms with Gasteiger partial charge in [0, 0.05) is 49.9 Å². The molecule has 266 valence electrons. The summed E-state index contributed by atoms with van der Waals surface area (Å²) in [7, 11) is 0. The zero-order chi connectivity index (χ0) is 35.8. The Hall–Kier alpha value is -3.81. The van der Waals surface area contributed by atoms with E-state index in [0.717, 1.165) is 47.9 Å². The Labute approximate surface area is 315 Å². The van der Waals surface area contributed by atoms with E-state index in [0.29, 0.717) is 0 Å². The molecule has 1 aromatic heterocycles. The molecule has 0 saturated carbocycles. The smallest absolute Gasteiger partial charge is 0.164 e. The molecule has 50 heavy (non-hydrogen) atoms. The summed E-state index contributed by atoms with van der Waals surface area (Å²) in [6.45, 7) is 18.9. The van der Waals surface area contributed by atoms with Crippen LogP contribution in [-0.4, -0.2) is 15.9 Å². The maximum atomic E-state index is 12.2. The van der Waals surface area contributed by atoms with Crippen molar-refractivity contribution in [1.29, 1.82) is 0 Å². The van der Waals surface area contributed by atoms with Crippen LogP contribution < -0.4 is 0 Å². The van der Waals surface area contributed by atoms with Crippen molar-refractivity contribution in [3.63, 3.8) is 0 Å². The number of carbonyl (C=O) groups is 1. The van der Waals surface area contributed by atoms with Gasteiger partial charge in [0.25, 0.3) is 0 Å². The van der Waals surface area contributed by atoms with E-state index in [-0.39, 0.29) is 48.9 Å². The van der Waals surface area contributed by atoms with Crippen molar-refractivity contribution in [2.45, 2.75) is 93.4 Å². The van der Waals surface area contributed by atoms with Gasteiger partial charge >= 0.3 is 0 Å². The van der Waals surface area contributed by atoms with Crippen LogP contribution in [0.1, 0.15) is 93.6 Å². The number of hydrogen-bond acceptors (Lipinski definition) is 3. The fourth-order valence-corrected chi connectivity index (χ4v) is 5.88. The molecule has 0 aliphatic heterocycles. The average molecular weight is 848 g/mol. The Morgan fingerprint density at radius 2 is 1.18 bits per heavy atom. The second-order valence-corrected chi connectivity index (χ2v) is 14.7. The molecule has 0 aliphatic rings. The summed E-state index contributed by atoms with van der Waals surface area (Å²) < 4.78 is 0. The van der Waals surface area contributed by atoms with E-state index in [1.165, 1.54) is 33.7 Å². The van der Waals surface area contributed by atoms with Crippen molar-refractivity contribution in [3.8, 4) is 33.5 Å². The SMILES string of the molecule is CC(C)(C)c1cc(-c2ccc(-c3ccc(-c4ccccc4)cc3)cn2)[c-]c2ccccc12.CCC(C)(CC)C(=O)/C=C(\O)C(C)(CC)CC.[Pt]. The molecule has 3 nitrogen and oxygen atoms in total. The van der Waals surface area contributed by atoms with Crippen LogP contribution in [-0.2, 0) is 31.3 Å². The van der Waals surface area contributed by atoms with Crippen LogP contribution in [0.5, 0.6) is 0 Å². The van der Waals surface area contributed by atoms with E-state index >= 15 is 0 Å². The second-order valence-electron chi connectivity index (χ2n) is 14.7. The van der Waals surface area contributed by atoms with Gasteiger partial charge in [0.15, 0.2) is 5.78 Å². The quantitative estimate of drug-likeness (QED) is 0.0865. The topological polar surface area (TPSA) is 50.2 Å². The van der Waals surface area contributed by atoms with Gasteiger partial charge in [-0.05, 0) is 53.4 Å². The zero-order valence-corrected chi connectivity index (χ0v) is 33.6. The van der Waals surface area contributed by atoms with Crippen LogP contribution in [0.2, 0.25) is 0 Å². The van der Waals surface area contributed by atoms with Gasteiger partial charge < -0.3 is 5.11 Å². The minimum Gasteiger partial charge on any atom is -0.512 e.